The van der Waals surface area contributed by atoms with Gasteiger partial charge in [0.2, 0.25) is 0 Å². The summed E-state index contributed by atoms with van der Waals surface area (Å²) in [6, 6.07) is 14.3. The smallest absolute Gasteiger partial charge is 0.319 e. The summed E-state index contributed by atoms with van der Waals surface area (Å²) in [4.78, 5) is 31.0. The molecule has 0 bridgehead atoms. The molecule has 0 aliphatic heterocycles. The van der Waals surface area contributed by atoms with E-state index in [2.05, 4.69) is 0 Å². The molecule has 3 rings (SSSR count). The summed E-state index contributed by atoms with van der Waals surface area (Å²) in [6.07, 6.45) is 0. The molecule has 0 spiro atoms. The lowest BCUT2D eigenvalue weighted by atomic mass is 9.91. The van der Waals surface area contributed by atoms with Gasteiger partial charge < -0.3 is 9.79 Å². The van der Waals surface area contributed by atoms with Crippen molar-refractivity contribution in [1.82, 2.24) is 0 Å². The van der Waals surface area contributed by atoms with Crippen LogP contribution in [0.25, 0.3) is 22.3 Å². The minimum Gasteiger partial charge on any atom is -0.319 e. The standard InChI is InChI=1S/C20H15F2O4P/c1-12-10-13(14-6-2-4-8-17(14)21)11-16(15-7-3-5-9-18(15)22)19(12)20(23)27(24,25)26/h2-11H,1H3,(H2,24,25,26). The van der Waals surface area contributed by atoms with Crippen molar-refractivity contribution in [1.29, 1.82) is 0 Å². The third-order valence-electron chi connectivity index (χ3n) is 4.16. The fourth-order valence-corrected chi connectivity index (χ4v) is 3.55. The second-order valence-corrected chi connectivity index (χ2v) is 7.52. The normalized spacial score (nSPS) is 11.4. The molecule has 27 heavy (non-hydrogen) atoms. The van der Waals surface area contributed by atoms with E-state index in [4.69, 9.17) is 0 Å². The Labute approximate surface area is 154 Å². The minimum atomic E-state index is -5.10. The van der Waals surface area contributed by atoms with Crippen molar-refractivity contribution in [3.05, 3.63) is 83.4 Å². The Morgan fingerprint density at radius 3 is 1.89 bits per heavy atom. The van der Waals surface area contributed by atoms with E-state index in [-0.39, 0.29) is 27.8 Å². The van der Waals surface area contributed by atoms with Gasteiger partial charge in [-0.3, -0.25) is 9.36 Å². The molecule has 0 amide bonds. The van der Waals surface area contributed by atoms with Crippen LogP contribution in [0.1, 0.15) is 15.9 Å². The second-order valence-electron chi connectivity index (χ2n) is 6.02. The van der Waals surface area contributed by atoms with Gasteiger partial charge in [-0.2, -0.15) is 0 Å². The lowest BCUT2D eigenvalue weighted by Crippen LogP contribution is -2.06. The first-order valence-corrected chi connectivity index (χ1v) is 9.56. The number of carbonyl (C=O) groups is 1. The summed E-state index contributed by atoms with van der Waals surface area (Å²) in [5.41, 5.74) is -0.885. The highest BCUT2D eigenvalue weighted by atomic mass is 31.2. The van der Waals surface area contributed by atoms with Gasteiger partial charge in [-0.25, -0.2) is 8.78 Å². The predicted molar refractivity (Wildman–Crippen MR) is 98.3 cm³/mol. The van der Waals surface area contributed by atoms with Gasteiger partial charge in [-0.15, -0.1) is 0 Å². The SMILES string of the molecule is Cc1cc(-c2ccccc2F)cc(-c2ccccc2F)c1C(=O)P(=O)(O)O. The van der Waals surface area contributed by atoms with E-state index in [0.29, 0.717) is 5.56 Å². The van der Waals surface area contributed by atoms with Gasteiger partial charge in [0.1, 0.15) is 11.6 Å². The highest BCUT2D eigenvalue weighted by molar-refractivity contribution is 7.71. The molecule has 7 heteroatoms. The molecule has 138 valence electrons. The Morgan fingerprint density at radius 2 is 1.37 bits per heavy atom. The first kappa shape index (κ1) is 19.1. The summed E-state index contributed by atoms with van der Waals surface area (Å²) in [5.74, 6) is -1.17. The number of hydrogen-bond acceptors (Lipinski definition) is 2. The molecule has 0 fully saturated rings. The third-order valence-corrected chi connectivity index (χ3v) is 4.92. The molecule has 0 saturated carbocycles. The van der Waals surface area contributed by atoms with Gasteiger partial charge in [0, 0.05) is 16.7 Å². The van der Waals surface area contributed by atoms with E-state index >= 15 is 0 Å². The van der Waals surface area contributed by atoms with Gasteiger partial charge in [0.15, 0.2) is 0 Å². The van der Waals surface area contributed by atoms with Gasteiger partial charge in [0.05, 0.1) is 0 Å². The monoisotopic (exact) mass is 388 g/mol. The Balaban J connectivity index is 2.36. The molecule has 0 unspecified atom stereocenters. The second kappa shape index (κ2) is 7.16. The quantitative estimate of drug-likeness (QED) is 0.622. The maximum Gasteiger partial charge on any atom is 0.396 e. The van der Waals surface area contributed by atoms with Gasteiger partial charge in [-0.05, 0) is 41.8 Å². The average molecular weight is 388 g/mol. The highest BCUT2D eigenvalue weighted by Crippen LogP contribution is 2.44. The Kier molecular flexibility index (Phi) is 5.07. The number of benzene rings is 3. The van der Waals surface area contributed by atoms with Crippen molar-refractivity contribution in [3.63, 3.8) is 0 Å². The third kappa shape index (κ3) is 3.74. The average Bonchev–Trinajstić information content (AvgIpc) is 2.60. The van der Waals surface area contributed by atoms with Gasteiger partial charge >= 0.3 is 7.60 Å². The maximum absolute atomic E-state index is 14.4. The molecule has 0 aliphatic rings. The topological polar surface area (TPSA) is 74.6 Å². The molecule has 3 aromatic rings. The molecular formula is C20H15F2O4P. The van der Waals surface area contributed by atoms with Gasteiger partial charge in [0.25, 0.3) is 5.52 Å². The number of aryl methyl sites for hydroxylation is 1. The number of carbonyl (C=O) groups excluding carboxylic acids is 1. The summed E-state index contributed by atoms with van der Waals surface area (Å²) in [5, 5.41) is 0. The molecule has 0 aromatic heterocycles. The number of rotatable bonds is 4. The zero-order valence-electron chi connectivity index (χ0n) is 14.2. The van der Waals surface area contributed by atoms with Crippen LogP contribution in [-0.2, 0) is 4.57 Å². The van der Waals surface area contributed by atoms with E-state index in [0.717, 1.165) is 0 Å². The van der Waals surface area contributed by atoms with Crippen molar-refractivity contribution < 1.29 is 27.9 Å². The lowest BCUT2D eigenvalue weighted by Gasteiger charge is -2.16. The molecule has 0 atom stereocenters. The van der Waals surface area contributed by atoms with Crippen LogP contribution in [0, 0.1) is 18.6 Å². The van der Waals surface area contributed by atoms with Crippen LogP contribution in [0.3, 0.4) is 0 Å². The zero-order chi connectivity index (χ0) is 19.8. The van der Waals surface area contributed by atoms with Crippen LogP contribution in [0.2, 0.25) is 0 Å². The van der Waals surface area contributed by atoms with Crippen LogP contribution in [0.5, 0.6) is 0 Å². The van der Waals surface area contributed by atoms with Crippen molar-refractivity contribution in [2.75, 3.05) is 0 Å². The van der Waals surface area contributed by atoms with Gasteiger partial charge in [-0.1, -0.05) is 42.5 Å². The van der Waals surface area contributed by atoms with E-state index in [1.54, 1.807) is 6.07 Å². The number of hydrogen-bond donors (Lipinski definition) is 2. The first-order chi connectivity index (χ1) is 12.7. The minimum absolute atomic E-state index is 0.000298. The lowest BCUT2D eigenvalue weighted by molar-refractivity contribution is 0.104. The van der Waals surface area contributed by atoms with E-state index in [9.17, 15) is 27.9 Å². The number of halogens is 2. The van der Waals surface area contributed by atoms with Crippen LogP contribution in [0.15, 0.2) is 60.7 Å². The van der Waals surface area contributed by atoms with E-state index in [1.165, 1.54) is 61.5 Å². The van der Waals surface area contributed by atoms with Crippen molar-refractivity contribution in [2.24, 2.45) is 0 Å². The Hall–Kier alpha value is -2.66. The molecule has 0 saturated heterocycles. The largest absolute Gasteiger partial charge is 0.396 e. The van der Waals surface area contributed by atoms with Crippen LogP contribution < -0.4 is 0 Å². The molecule has 0 heterocycles. The van der Waals surface area contributed by atoms with E-state index in [1.807, 2.05) is 0 Å². The highest BCUT2D eigenvalue weighted by Gasteiger charge is 2.32. The van der Waals surface area contributed by atoms with Crippen LogP contribution >= 0.6 is 7.60 Å². The fraction of sp³-hybridized carbons (Fsp3) is 0.0500. The summed E-state index contributed by atoms with van der Waals surface area (Å²) in [6.45, 7) is 1.47. The van der Waals surface area contributed by atoms with Crippen molar-refractivity contribution in [3.8, 4) is 22.3 Å². The Bertz CT molecular complexity index is 1090. The van der Waals surface area contributed by atoms with Crippen molar-refractivity contribution >= 4 is 13.1 Å². The van der Waals surface area contributed by atoms with Crippen molar-refractivity contribution in [2.45, 2.75) is 6.92 Å². The summed E-state index contributed by atoms with van der Waals surface area (Å²) < 4.78 is 40.1. The van der Waals surface area contributed by atoms with Crippen LogP contribution in [-0.4, -0.2) is 15.3 Å². The maximum atomic E-state index is 14.4. The molecule has 4 nitrogen and oxygen atoms in total. The summed E-state index contributed by atoms with van der Waals surface area (Å²) >= 11 is 0. The zero-order valence-corrected chi connectivity index (χ0v) is 15.1. The van der Waals surface area contributed by atoms with Crippen LogP contribution in [0.4, 0.5) is 8.78 Å². The molecule has 3 aromatic carbocycles. The predicted octanol–water partition coefficient (Wildman–Crippen LogP) is 4.93. The Morgan fingerprint density at radius 1 is 0.852 bits per heavy atom. The first-order valence-electron chi connectivity index (χ1n) is 7.95. The fourth-order valence-electron chi connectivity index (χ4n) is 2.96. The summed E-state index contributed by atoms with van der Waals surface area (Å²) in [7, 11) is -5.10. The molecule has 0 radical (unpaired) electrons. The molecule has 2 N–H and O–H groups in total. The molecular weight excluding hydrogens is 373 g/mol. The van der Waals surface area contributed by atoms with E-state index < -0.39 is 24.8 Å². The molecule has 0 aliphatic carbocycles.